The molecule has 0 radical (unpaired) electrons. The molecule has 0 unspecified atom stereocenters. The average Bonchev–Trinajstić information content (AvgIpc) is 2.81. The standard InChI is InChI=1S/C13H12FN5O2/c1-7-16-12(5-11-17-18-13(20)19(7)11)21-9-3-2-8(6-15)10(14)4-9/h2-5H,6,15H2,1H3,(H,18,20). The van der Waals surface area contributed by atoms with Crippen LogP contribution in [0.4, 0.5) is 4.39 Å². The highest BCUT2D eigenvalue weighted by Crippen LogP contribution is 2.22. The first-order valence-corrected chi connectivity index (χ1v) is 6.19. The Balaban J connectivity index is 1.98. The molecule has 108 valence electrons. The minimum absolute atomic E-state index is 0.117. The van der Waals surface area contributed by atoms with E-state index in [9.17, 15) is 9.18 Å². The normalized spacial score (nSPS) is 11.0. The van der Waals surface area contributed by atoms with Gasteiger partial charge >= 0.3 is 5.69 Å². The van der Waals surface area contributed by atoms with E-state index in [0.29, 0.717) is 22.8 Å². The van der Waals surface area contributed by atoms with Crippen molar-refractivity contribution >= 4 is 5.65 Å². The number of H-pyrrole nitrogens is 1. The van der Waals surface area contributed by atoms with E-state index in [4.69, 9.17) is 10.5 Å². The lowest BCUT2D eigenvalue weighted by atomic mass is 10.2. The molecular formula is C13H12FN5O2. The maximum Gasteiger partial charge on any atom is 0.349 e. The molecule has 0 bridgehead atoms. The minimum atomic E-state index is -0.441. The van der Waals surface area contributed by atoms with Gasteiger partial charge in [0, 0.05) is 24.2 Å². The van der Waals surface area contributed by atoms with Crippen molar-refractivity contribution in [2.75, 3.05) is 0 Å². The predicted molar refractivity (Wildman–Crippen MR) is 72.7 cm³/mol. The number of hydrogen-bond acceptors (Lipinski definition) is 5. The fourth-order valence-corrected chi connectivity index (χ4v) is 2.00. The summed E-state index contributed by atoms with van der Waals surface area (Å²) in [6.07, 6.45) is 0. The Kier molecular flexibility index (Phi) is 3.15. The van der Waals surface area contributed by atoms with Crippen LogP contribution in [0, 0.1) is 12.7 Å². The molecule has 0 fully saturated rings. The third-order valence-corrected chi connectivity index (χ3v) is 3.01. The lowest BCUT2D eigenvalue weighted by molar-refractivity contribution is 0.454. The predicted octanol–water partition coefficient (Wildman–Crippen LogP) is 1.12. The first-order chi connectivity index (χ1) is 10.1. The summed E-state index contributed by atoms with van der Waals surface area (Å²) >= 11 is 0. The zero-order chi connectivity index (χ0) is 15.0. The highest BCUT2D eigenvalue weighted by Gasteiger charge is 2.09. The van der Waals surface area contributed by atoms with E-state index >= 15 is 0 Å². The number of aryl methyl sites for hydroxylation is 1. The monoisotopic (exact) mass is 289 g/mol. The molecule has 8 heteroatoms. The van der Waals surface area contributed by atoms with Crippen molar-refractivity contribution in [2.24, 2.45) is 5.73 Å². The van der Waals surface area contributed by atoms with Gasteiger partial charge in [0.15, 0.2) is 5.65 Å². The molecule has 0 aliphatic heterocycles. The largest absolute Gasteiger partial charge is 0.439 e. The van der Waals surface area contributed by atoms with Crippen LogP contribution in [0.15, 0.2) is 29.1 Å². The fourth-order valence-electron chi connectivity index (χ4n) is 2.00. The molecule has 0 saturated carbocycles. The zero-order valence-electron chi connectivity index (χ0n) is 11.1. The molecule has 1 aromatic carbocycles. The molecule has 3 aromatic rings. The van der Waals surface area contributed by atoms with E-state index in [1.165, 1.54) is 16.5 Å². The number of rotatable bonds is 3. The maximum atomic E-state index is 13.6. The number of hydrogen-bond donors (Lipinski definition) is 2. The van der Waals surface area contributed by atoms with Crippen molar-refractivity contribution in [3.63, 3.8) is 0 Å². The molecule has 3 rings (SSSR count). The zero-order valence-corrected chi connectivity index (χ0v) is 11.1. The molecule has 0 atom stereocenters. The van der Waals surface area contributed by atoms with E-state index in [2.05, 4.69) is 15.2 Å². The molecule has 2 heterocycles. The topological polar surface area (TPSA) is 98.3 Å². The fraction of sp³-hybridized carbons (Fsp3) is 0.154. The van der Waals surface area contributed by atoms with Gasteiger partial charge in [0.1, 0.15) is 17.4 Å². The van der Waals surface area contributed by atoms with Crippen LogP contribution >= 0.6 is 0 Å². The van der Waals surface area contributed by atoms with Crippen LogP contribution in [0.3, 0.4) is 0 Å². The van der Waals surface area contributed by atoms with Crippen molar-refractivity contribution in [1.82, 2.24) is 19.6 Å². The van der Waals surface area contributed by atoms with Gasteiger partial charge in [-0.25, -0.2) is 18.7 Å². The van der Waals surface area contributed by atoms with Gasteiger partial charge in [-0.15, -0.1) is 0 Å². The highest BCUT2D eigenvalue weighted by molar-refractivity contribution is 5.42. The number of aromatic nitrogens is 4. The van der Waals surface area contributed by atoms with Gasteiger partial charge in [-0.1, -0.05) is 6.07 Å². The van der Waals surface area contributed by atoms with Gasteiger partial charge in [-0.05, 0) is 13.0 Å². The summed E-state index contributed by atoms with van der Waals surface area (Å²) in [7, 11) is 0. The van der Waals surface area contributed by atoms with Crippen molar-refractivity contribution in [3.05, 3.63) is 52.0 Å². The van der Waals surface area contributed by atoms with E-state index in [1.807, 2.05) is 0 Å². The molecule has 0 amide bonds. The Labute approximate surface area is 118 Å². The van der Waals surface area contributed by atoms with Gasteiger partial charge < -0.3 is 10.5 Å². The molecule has 3 N–H and O–H groups in total. The molecule has 2 aromatic heterocycles. The number of aromatic amines is 1. The maximum absolute atomic E-state index is 13.6. The Hall–Kier alpha value is -2.74. The summed E-state index contributed by atoms with van der Waals surface area (Å²) in [4.78, 5) is 15.6. The number of ether oxygens (including phenoxy) is 1. The summed E-state index contributed by atoms with van der Waals surface area (Å²) in [5, 5.41) is 6.16. The smallest absolute Gasteiger partial charge is 0.349 e. The summed E-state index contributed by atoms with van der Waals surface area (Å²) in [6.45, 7) is 1.76. The van der Waals surface area contributed by atoms with Crippen LogP contribution in [-0.4, -0.2) is 19.6 Å². The Morgan fingerprint density at radius 1 is 1.43 bits per heavy atom. The van der Waals surface area contributed by atoms with Gasteiger partial charge in [-0.2, -0.15) is 10.1 Å². The number of benzene rings is 1. The number of nitrogens with zero attached hydrogens (tertiary/aromatic N) is 3. The van der Waals surface area contributed by atoms with Gasteiger partial charge in [0.2, 0.25) is 5.88 Å². The van der Waals surface area contributed by atoms with Crippen LogP contribution < -0.4 is 16.2 Å². The lowest BCUT2D eigenvalue weighted by Gasteiger charge is -2.07. The Morgan fingerprint density at radius 2 is 2.24 bits per heavy atom. The van der Waals surface area contributed by atoms with Crippen molar-refractivity contribution < 1.29 is 9.13 Å². The van der Waals surface area contributed by atoms with Crippen LogP contribution in [0.2, 0.25) is 0 Å². The van der Waals surface area contributed by atoms with E-state index in [1.54, 1.807) is 19.1 Å². The SMILES string of the molecule is Cc1nc(Oc2ccc(CN)c(F)c2)cc2n[nH]c(=O)n12. The number of nitrogens with one attached hydrogen (secondary N) is 1. The average molecular weight is 289 g/mol. The molecule has 0 saturated heterocycles. The van der Waals surface area contributed by atoms with Crippen molar-refractivity contribution in [3.8, 4) is 11.6 Å². The molecule has 0 spiro atoms. The number of halogens is 1. The number of fused-ring (bicyclic) bond motifs is 1. The van der Waals surface area contributed by atoms with Crippen LogP contribution in [0.5, 0.6) is 11.6 Å². The minimum Gasteiger partial charge on any atom is -0.439 e. The summed E-state index contributed by atoms with van der Waals surface area (Å²) in [5.41, 5.74) is 5.81. The molecule has 7 nitrogen and oxygen atoms in total. The molecule has 21 heavy (non-hydrogen) atoms. The quantitative estimate of drug-likeness (QED) is 0.752. The lowest BCUT2D eigenvalue weighted by Crippen LogP contribution is -2.13. The first kappa shape index (κ1) is 13.3. The molecule has 0 aliphatic rings. The third kappa shape index (κ3) is 2.36. The first-order valence-electron chi connectivity index (χ1n) is 6.19. The van der Waals surface area contributed by atoms with Crippen LogP contribution in [0.1, 0.15) is 11.4 Å². The van der Waals surface area contributed by atoms with E-state index in [-0.39, 0.29) is 18.1 Å². The second-order valence-electron chi connectivity index (χ2n) is 4.42. The molecule has 0 aliphatic carbocycles. The van der Waals surface area contributed by atoms with Gasteiger partial charge in [-0.3, -0.25) is 0 Å². The molecular weight excluding hydrogens is 277 g/mol. The summed E-state index contributed by atoms with van der Waals surface area (Å²) in [5.74, 6) is 0.488. The van der Waals surface area contributed by atoms with E-state index < -0.39 is 5.82 Å². The van der Waals surface area contributed by atoms with E-state index in [0.717, 1.165) is 0 Å². The Bertz CT molecular complexity index is 871. The summed E-state index contributed by atoms with van der Waals surface area (Å²) in [6, 6.07) is 5.87. The van der Waals surface area contributed by atoms with Crippen molar-refractivity contribution in [1.29, 1.82) is 0 Å². The van der Waals surface area contributed by atoms with Crippen LogP contribution in [-0.2, 0) is 6.54 Å². The van der Waals surface area contributed by atoms with Gasteiger partial charge in [0.25, 0.3) is 0 Å². The van der Waals surface area contributed by atoms with Crippen LogP contribution in [0.25, 0.3) is 5.65 Å². The summed E-state index contributed by atoms with van der Waals surface area (Å²) < 4.78 is 20.5. The number of nitrogens with two attached hydrogens (primary N) is 1. The third-order valence-electron chi connectivity index (χ3n) is 3.01. The second-order valence-corrected chi connectivity index (χ2v) is 4.42. The van der Waals surface area contributed by atoms with Crippen molar-refractivity contribution in [2.45, 2.75) is 13.5 Å². The second kappa shape index (κ2) is 4.98. The van der Waals surface area contributed by atoms with Gasteiger partial charge in [0.05, 0.1) is 0 Å². The Morgan fingerprint density at radius 3 is 2.95 bits per heavy atom. The highest BCUT2D eigenvalue weighted by atomic mass is 19.1.